The first-order chi connectivity index (χ1) is 14.1. The second-order valence-electron chi connectivity index (χ2n) is 8.09. The van der Waals surface area contributed by atoms with E-state index < -0.39 is 11.6 Å². The van der Waals surface area contributed by atoms with Crippen LogP contribution in [0.1, 0.15) is 36.3 Å². The van der Waals surface area contributed by atoms with Crippen molar-refractivity contribution in [2.75, 3.05) is 26.2 Å². The highest BCUT2D eigenvalue weighted by atomic mass is 19.2. The molecule has 2 aromatic rings. The number of rotatable bonds is 4. The molecule has 6 heteroatoms. The molecule has 29 heavy (non-hydrogen) atoms. The predicted octanol–water partition coefficient (Wildman–Crippen LogP) is 4.13. The Morgan fingerprint density at radius 2 is 1.72 bits per heavy atom. The lowest BCUT2D eigenvalue weighted by molar-refractivity contribution is 0.173. The van der Waals surface area contributed by atoms with Crippen LogP contribution in [-0.4, -0.2) is 48.1 Å². The van der Waals surface area contributed by atoms with Crippen molar-refractivity contribution in [2.45, 2.75) is 37.8 Å². The molecule has 2 fully saturated rings. The van der Waals surface area contributed by atoms with Crippen LogP contribution in [0.15, 0.2) is 48.5 Å². The van der Waals surface area contributed by atoms with Crippen LogP contribution in [-0.2, 0) is 6.54 Å². The van der Waals surface area contributed by atoms with E-state index >= 15 is 0 Å². The standard InChI is InChI=1S/C23H27F2N3O/c24-21-7-6-17(14-22(21)25)15-27-11-9-20(10-12-27)26-23(29)28-13-8-19(16-28)18-4-2-1-3-5-18/h1-7,14,19-20H,8-13,15-16H2,(H,26,29)/t19-/m0/s1. The van der Waals surface area contributed by atoms with Gasteiger partial charge in [-0.25, -0.2) is 13.6 Å². The molecule has 2 saturated heterocycles. The molecular weight excluding hydrogens is 372 g/mol. The van der Waals surface area contributed by atoms with Gasteiger partial charge in [0.05, 0.1) is 0 Å². The van der Waals surface area contributed by atoms with Gasteiger partial charge in [0.1, 0.15) is 0 Å². The van der Waals surface area contributed by atoms with Gasteiger partial charge in [0.15, 0.2) is 11.6 Å². The summed E-state index contributed by atoms with van der Waals surface area (Å²) in [6.07, 6.45) is 2.74. The molecule has 1 N–H and O–H groups in total. The minimum atomic E-state index is -0.813. The van der Waals surface area contributed by atoms with E-state index in [9.17, 15) is 13.6 Å². The number of carbonyl (C=O) groups is 1. The molecule has 0 bridgehead atoms. The number of hydrogen-bond acceptors (Lipinski definition) is 2. The second kappa shape index (κ2) is 8.91. The number of carbonyl (C=O) groups excluding carboxylic acids is 1. The third-order valence-electron chi connectivity index (χ3n) is 6.05. The topological polar surface area (TPSA) is 35.6 Å². The molecule has 4 nitrogen and oxygen atoms in total. The lowest BCUT2D eigenvalue weighted by atomic mass is 9.99. The number of piperidine rings is 1. The van der Waals surface area contributed by atoms with Crippen LogP contribution in [0.4, 0.5) is 13.6 Å². The molecule has 154 valence electrons. The lowest BCUT2D eigenvalue weighted by Gasteiger charge is -2.33. The summed E-state index contributed by atoms with van der Waals surface area (Å²) in [5.74, 6) is -1.20. The Kier molecular flexibility index (Phi) is 6.09. The third-order valence-corrected chi connectivity index (χ3v) is 6.05. The molecule has 0 aliphatic carbocycles. The Labute approximate surface area is 170 Å². The highest BCUT2D eigenvalue weighted by molar-refractivity contribution is 5.75. The maximum Gasteiger partial charge on any atom is 0.317 e. The summed E-state index contributed by atoms with van der Waals surface area (Å²) in [6, 6.07) is 14.6. The molecule has 0 radical (unpaired) electrons. The fourth-order valence-corrected chi connectivity index (χ4v) is 4.34. The Morgan fingerprint density at radius 1 is 0.966 bits per heavy atom. The number of urea groups is 1. The first-order valence-corrected chi connectivity index (χ1v) is 10.3. The van der Waals surface area contributed by atoms with Gasteiger partial charge < -0.3 is 10.2 Å². The average Bonchev–Trinajstić information content (AvgIpc) is 3.23. The molecule has 2 aliphatic rings. The normalized spacial score (nSPS) is 20.8. The monoisotopic (exact) mass is 399 g/mol. The second-order valence-corrected chi connectivity index (χ2v) is 8.09. The van der Waals surface area contributed by atoms with Gasteiger partial charge >= 0.3 is 6.03 Å². The first kappa shape index (κ1) is 19.8. The van der Waals surface area contributed by atoms with Crippen molar-refractivity contribution < 1.29 is 13.6 Å². The van der Waals surface area contributed by atoms with E-state index in [4.69, 9.17) is 0 Å². The number of halogens is 2. The zero-order valence-electron chi connectivity index (χ0n) is 16.5. The number of amides is 2. The van der Waals surface area contributed by atoms with Gasteiger partial charge in [0.2, 0.25) is 0 Å². The summed E-state index contributed by atoms with van der Waals surface area (Å²) in [4.78, 5) is 16.8. The van der Waals surface area contributed by atoms with E-state index in [-0.39, 0.29) is 12.1 Å². The van der Waals surface area contributed by atoms with Crippen molar-refractivity contribution in [3.63, 3.8) is 0 Å². The summed E-state index contributed by atoms with van der Waals surface area (Å²) < 4.78 is 26.4. The van der Waals surface area contributed by atoms with E-state index in [1.807, 2.05) is 23.1 Å². The van der Waals surface area contributed by atoms with Gasteiger partial charge in [-0.15, -0.1) is 0 Å². The molecular formula is C23H27F2N3O. The predicted molar refractivity (Wildman–Crippen MR) is 109 cm³/mol. The summed E-state index contributed by atoms with van der Waals surface area (Å²) in [6.45, 7) is 3.82. The summed E-state index contributed by atoms with van der Waals surface area (Å²) in [5, 5.41) is 3.18. The SMILES string of the molecule is O=C(NC1CCN(Cc2ccc(F)c(F)c2)CC1)N1CC[C@H](c2ccccc2)C1. The molecule has 0 saturated carbocycles. The van der Waals surface area contributed by atoms with Gasteiger partial charge in [-0.05, 0) is 42.5 Å². The molecule has 2 aromatic carbocycles. The largest absolute Gasteiger partial charge is 0.335 e. The Hall–Kier alpha value is -2.47. The van der Waals surface area contributed by atoms with Gasteiger partial charge in [0, 0.05) is 44.7 Å². The van der Waals surface area contributed by atoms with E-state index in [1.165, 1.54) is 17.7 Å². The van der Waals surface area contributed by atoms with Crippen molar-refractivity contribution in [3.8, 4) is 0 Å². The van der Waals surface area contributed by atoms with Crippen LogP contribution in [0.3, 0.4) is 0 Å². The van der Waals surface area contributed by atoms with Crippen molar-refractivity contribution in [1.82, 2.24) is 15.1 Å². The first-order valence-electron chi connectivity index (χ1n) is 10.3. The summed E-state index contributed by atoms with van der Waals surface area (Å²) in [7, 11) is 0. The molecule has 0 aromatic heterocycles. The van der Waals surface area contributed by atoms with Crippen LogP contribution in [0, 0.1) is 11.6 Å². The van der Waals surface area contributed by atoms with Crippen LogP contribution in [0.5, 0.6) is 0 Å². The Bertz CT molecular complexity index is 837. The number of likely N-dealkylation sites (tertiary alicyclic amines) is 2. The van der Waals surface area contributed by atoms with Gasteiger partial charge in [0.25, 0.3) is 0 Å². The number of hydrogen-bond donors (Lipinski definition) is 1. The van der Waals surface area contributed by atoms with Crippen LogP contribution in [0.25, 0.3) is 0 Å². The van der Waals surface area contributed by atoms with Crippen LogP contribution < -0.4 is 5.32 Å². The quantitative estimate of drug-likeness (QED) is 0.839. The molecule has 0 unspecified atom stereocenters. The average molecular weight is 399 g/mol. The highest BCUT2D eigenvalue weighted by Gasteiger charge is 2.29. The van der Waals surface area contributed by atoms with Crippen LogP contribution >= 0.6 is 0 Å². The molecule has 2 heterocycles. The van der Waals surface area contributed by atoms with E-state index in [0.717, 1.165) is 51.0 Å². The highest BCUT2D eigenvalue weighted by Crippen LogP contribution is 2.27. The Morgan fingerprint density at radius 3 is 2.45 bits per heavy atom. The fraction of sp³-hybridized carbons (Fsp3) is 0.435. The van der Waals surface area contributed by atoms with Gasteiger partial charge in [-0.1, -0.05) is 36.4 Å². The number of nitrogens with one attached hydrogen (secondary N) is 1. The molecule has 2 aliphatic heterocycles. The van der Waals surface area contributed by atoms with E-state index in [2.05, 4.69) is 22.3 Å². The van der Waals surface area contributed by atoms with Crippen molar-refractivity contribution in [3.05, 3.63) is 71.3 Å². The smallest absolute Gasteiger partial charge is 0.317 e. The maximum absolute atomic E-state index is 13.4. The Balaban J connectivity index is 1.22. The minimum absolute atomic E-state index is 0.0301. The fourth-order valence-electron chi connectivity index (χ4n) is 4.34. The number of benzene rings is 2. The third kappa shape index (κ3) is 4.93. The molecule has 1 atom stereocenters. The zero-order valence-corrected chi connectivity index (χ0v) is 16.5. The zero-order chi connectivity index (χ0) is 20.2. The lowest BCUT2D eigenvalue weighted by Crippen LogP contribution is -2.48. The van der Waals surface area contributed by atoms with E-state index in [1.54, 1.807) is 6.07 Å². The van der Waals surface area contributed by atoms with Gasteiger partial charge in [-0.3, -0.25) is 4.90 Å². The molecule has 0 spiro atoms. The summed E-state index contributed by atoms with van der Waals surface area (Å²) in [5.41, 5.74) is 2.07. The number of nitrogens with zero attached hydrogens (tertiary/aromatic N) is 2. The van der Waals surface area contributed by atoms with Crippen LogP contribution in [0.2, 0.25) is 0 Å². The minimum Gasteiger partial charge on any atom is -0.335 e. The van der Waals surface area contributed by atoms with Crippen molar-refractivity contribution >= 4 is 6.03 Å². The van der Waals surface area contributed by atoms with E-state index in [0.29, 0.717) is 12.5 Å². The summed E-state index contributed by atoms with van der Waals surface area (Å²) >= 11 is 0. The maximum atomic E-state index is 13.4. The molecule has 2 amide bonds. The van der Waals surface area contributed by atoms with Crippen molar-refractivity contribution in [2.24, 2.45) is 0 Å². The van der Waals surface area contributed by atoms with Crippen molar-refractivity contribution in [1.29, 1.82) is 0 Å². The van der Waals surface area contributed by atoms with Gasteiger partial charge in [-0.2, -0.15) is 0 Å². The molecule has 4 rings (SSSR count).